The number of carbonyl (C=O) groups is 2. The van der Waals surface area contributed by atoms with Crippen LogP contribution >= 0.6 is 0 Å². The van der Waals surface area contributed by atoms with Crippen LogP contribution in [0, 0.1) is 12.7 Å². The van der Waals surface area contributed by atoms with Crippen molar-refractivity contribution in [2.45, 2.75) is 58.9 Å². The van der Waals surface area contributed by atoms with E-state index < -0.39 is 17.4 Å². The average Bonchev–Trinajstić information content (AvgIpc) is 3.24. The van der Waals surface area contributed by atoms with E-state index in [2.05, 4.69) is 5.32 Å². The molecule has 194 valence electrons. The van der Waals surface area contributed by atoms with Crippen molar-refractivity contribution in [3.05, 3.63) is 61.7 Å². The van der Waals surface area contributed by atoms with Gasteiger partial charge >= 0.3 is 5.97 Å². The lowest BCUT2D eigenvalue weighted by Gasteiger charge is -2.31. The fourth-order valence-corrected chi connectivity index (χ4v) is 5.47. The quantitative estimate of drug-likeness (QED) is 0.383. The van der Waals surface area contributed by atoms with Crippen molar-refractivity contribution in [1.29, 1.82) is 0 Å². The number of carbonyl (C=O) groups excluding carboxylic acids is 2. The number of pyridine rings is 2. The van der Waals surface area contributed by atoms with Crippen molar-refractivity contribution in [1.82, 2.24) is 14.9 Å². The third kappa shape index (κ3) is 3.66. The summed E-state index contributed by atoms with van der Waals surface area (Å²) in [4.78, 5) is 42.8. The number of rotatable bonds is 6. The number of cyclic esters (lactones) is 1. The predicted molar refractivity (Wildman–Crippen MR) is 132 cm³/mol. The van der Waals surface area contributed by atoms with E-state index in [0.29, 0.717) is 34.5 Å². The number of ether oxygens (including phenoxy) is 2. The van der Waals surface area contributed by atoms with E-state index in [-0.39, 0.29) is 55.3 Å². The van der Waals surface area contributed by atoms with Gasteiger partial charge < -0.3 is 24.5 Å². The highest BCUT2D eigenvalue weighted by atomic mass is 19.1. The molecular formula is C27H28FN3O6. The Balaban J connectivity index is 1.74. The lowest BCUT2D eigenvalue weighted by atomic mass is 9.86. The van der Waals surface area contributed by atoms with Gasteiger partial charge in [-0.1, -0.05) is 13.8 Å². The summed E-state index contributed by atoms with van der Waals surface area (Å²) in [6.45, 7) is 5.30. The first-order valence-corrected chi connectivity index (χ1v) is 12.2. The van der Waals surface area contributed by atoms with Gasteiger partial charge in [0.15, 0.2) is 5.60 Å². The summed E-state index contributed by atoms with van der Waals surface area (Å²) < 4.78 is 26.6. The van der Waals surface area contributed by atoms with Gasteiger partial charge in [-0.2, -0.15) is 0 Å². The number of aromatic nitrogens is 2. The number of fused-ring (bicyclic) bond motifs is 5. The lowest BCUT2D eigenvalue weighted by molar-refractivity contribution is -0.172. The van der Waals surface area contributed by atoms with E-state index in [1.807, 2.05) is 6.92 Å². The summed E-state index contributed by atoms with van der Waals surface area (Å²) in [7, 11) is 1.42. The minimum absolute atomic E-state index is 0.0442. The topological polar surface area (TPSA) is 120 Å². The Morgan fingerprint density at radius 3 is 2.70 bits per heavy atom. The number of esters is 1. The van der Waals surface area contributed by atoms with Crippen LogP contribution in [0.2, 0.25) is 0 Å². The summed E-state index contributed by atoms with van der Waals surface area (Å²) >= 11 is 0. The van der Waals surface area contributed by atoms with Crippen LogP contribution in [-0.2, 0) is 50.8 Å². The first-order valence-electron chi connectivity index (χ1n) is 12.2. The van der Waals surface area contributed by atoms with Gasteiger partial charge in [-0.25, -0.2) is 14.2 Å². The van der Waals surface area contributed by atoms with Crippen LogP contribution in [0.15, 0.2) is 16.9 Å². The van der Waals surface area contributed by atoms with Gasteiger partial charge in [-0.3, -0.25) is 9.59 Å². The Morgan fingerprint density at radius 1 is 1.27 bits per heavy atom. The molecule has 0 bridgehead atoms. The van der Waals surface area contributed by atoms with Gasteiger partial charge in [-0.15, -0.1) is 0 Å². The second kappa shape index (κ2) is 9.04. The largest absolute Gasteiger partial charge is 0.458 e. The number of nitrogens with one attached hydrogen (secondary N) is 1. The van der Waals surface area contributed by atoms with Crippen molar-refractivity contribution >= 4 is 22.8 Å². The molecule has 0 aliphatic carbocycles. The molecule has 3 aromatic rings. The molecule has 10 heteroatoms. The van der Waals surface area contributed by atoms with Crippen LogP contribution in [0.3, 0.4) is 0 Å². The summed E-state index contributed by atoms with van der Waals surface area (Å²) in [5.41, 5.74) is 2.32. The van der Waals surface area contributed by atoms with E-state index in [4.69, 9.17) is 14.5 Å². The molecule has 2 aliphatic heterocycles. The molecule has 2 N–H and O–H groups in total. The number of aryl methyl sites for hydroxylation is 1. The molecule has 9 nitrogen and oxygen atoms in total. The van der Waals surface area contributed by atoms with Gasteiger partial charge in [0.2, 0.25) is 5.91 Å². The third-order valence-electron chi connectivity index (χ3n) is 7.51. The zero-order chi connectivity index (χ0) is 26.6. The molecule has 0 saturated carbocycles. The maximum atomic E-state index is 15.0. The molecular weight excluding hydrogens is 481 g/mol. The van der Waals surface area contributed by atoms with E-state index in [0.717, 1.165) is 16.5 Å². The van der Waals surface area contributed by atoms with E-state index >= 15 is 4.39 Å². The first-order chi connectivity index (χ1) is 17.7. The monoisotopic (exact) mass is 509 g/mol. The number of aliphatic hydroxyl groups is 1. The molecule has 5 rings (SSSR count). The predicted octanol–water partition coefficient (Wildman–Crippen LogP) is 2.35. The second-order valence-electron chi connectivity index (χ2n) is 9.44. The number of hydrogen-bond donors (Lipinski definition) is 2. The minimum Gasteiger partial charge on any atom is -0.458 e. The highest BCUT2D eigenvalue weighted by molar-refractivity contribution is 5.92. The van der Waals surface area contributed by atoms with Gasteiger partial charge in [0, 0.05) is 36.2 Å². The van der Waals surface area contributed by atoms with Crippen molar-refractivity contribution in [2.75, 3.05) is 13.7 Å². The summed E-state index contributed by atoms with van der Waals surface area (Å²) in [5, 5.41) is 14.6. The average molecular weight is 510 g/mol. The highest BCUT2D eigenvalue weighted by Crippen LogP contribution is 2.41. The molecule has 0 saturated heterocycles. The maximum absolute atomic E-state index is 15.0. The smallest absolute Gasteiger partial charge is 0.343 e. The summed E-state index contributed by atoms with van der Waals surface area (Å²) in [5.74, 6) is -1.57. The van der Waals surface area contributed by atoms with E-state index in [1.165, 1.54) is 13.2 Å². The molecule has 0 fully saturated rings. The number of nitrogens with zero attached hydrogens (tertiary/aromatic N) is 2. The number of benzene rings is 1. The van der Waals surface area contributed by atoms with E-state index in [9.17, 15) is 19.5 Å². The standard InChI is InChI=1S/C27H28FN3O6/c1-5-14-16-10-31-21(7-18-17(25(31)33)11-37-26(34)27(18,35)6-2)24(16)30-20-8-19(28)13(3)15(23(14)20)9-29-22(32)12-36-4/h7-8,35H,5-6,9-12H2,1-4H3,(H,29,32)/t27-/m0/s1. The van der Waals surface area contributed by atoms with Crippen molar-refractivity contribution in [3.8, 4) is 11.4 Å². The molecule has 37 heavy (non-hydrogen) atoms. The van der Waals surface area contributed by atoms with Gasteiger partial charge in [-0.05, 0) is 42.5 Å². The van der Waals surface area contributed by atoms with Crippen molar-refractivity contribution in [3.63, 3.8) is 0 Å². The van der Waals surface area contributed by atoms with Crippen LogP contribution < -0.4 is 10.9 Å². The van der Waals surface area contributed by atoms with Gasteiger partial charge in [0.05, 0.1) is 29.0 Å². The molecule has 0 spiro atoms. The molecule has 4 heterocycles. The van der Waals surface area contributed by atoms with Crippen LogP contribution in [0.1, 0.15) is 53.6 Å². The number of methoxy groups -OCH3 is 1. The Morgan fingerprint density at radius 2 is 2.03 bits per heavy atom. The number of hydrogen-bond acceptors (Lipinski definition) is 7. The lowest BCUT2D eigenvalue weighted by Crippen LogP contribution is -2.44. The Kier molecular flexibility index (Phi) is 6.12. The summed E-state index contributed by atoms with van der Waals surface area (Å²) in [6.07, 6.45) is 0.622. The normalized spacial score (nSPS) is 17.8. The third-order valence-corrected chi connectivity index (χ3v) is 7.51. The molecule has 1 atom stereocenters. The highest BCUT2D eigenvalue weighted by Gasteiger charge is 2.45. The Labute approximate surface area is 212 Å². The van der Waals surface area contributed by atoms with Crippen LogP contribution in [0.5, 0.6) is 0 Å². The minimum atomic E-state index is -1.92. The molecule has 1 amide bonds. The second-order valence-corrected chi connectivity index (χ2v) is 9.44. The fraction of sp³-hybridized carbons (Fsp3) is 0.407. The zero-order valence-corrected chi connectivity index (χ0v) is 21.2. The fourth-order valence-electron chi connectivity index (χ4n) is 5.47. The Hall–Kier alpha value is -3.63. The molecule has 0 unspecified atom stereocenters. The number of halogens is 1. The van der Waals surface area contributed by atoms with Crippen LogP contribution in [0.4, 0.5) is 4.39 Å². The molecule has 2 aromatic heterocycles. The van der Waals surface area contributed by atoms with E-state index in [1.54, 1.807) is 24.5 Å². The first kappa shape index (κ1) is 25.0. The molecule has 2 aliphatic rings. The number of amides is 1. The van der Waals surface area contributed by atoms with Crippen molar-refractivity contribution in [2.24, 2.45) is 0 Å². The van der Waals surface area contributed by atoms with Gasteiger partial charge in [0.1, 0.15) is 19.0 Å². The Bertz CT molecular complexity index is 1550. The maximum Gasteiger partial charge on any atom is 0.343 e. The summed E-state index contributed by atoms with van der Waals surface area (Å²) in [6, 6.07) is 3.00. The van der Waals surface area contributed by atoms with Gasteiger partial charge in [0.25, 0.3) is 5.56 Å². The SMILES string of the molecule is CCc1c2c(nc3cc(F)c(C)c(CNC(=O)COC)c13)-c1cc3c(c(=O)n1C2)COC(=O)[C@]3(O)CC. The molecule has 0 radical (unpaired) electrons. The van der Waals surface area contributed by atoms with Crippen LogP contribution in [-0.4, -0.2) is 40.3 Å². The zero-order valence-electron chi connectivity index (χ0n) is 21.2. The van der Waals surface area contributed by atoms with Crippen molar-refractivity contribution < 1.29 is 28.6 Å². The van der Waals surface area contributed by atoms with Crippen LogP contribution in [0.25, 0.3) is 22.3 Å². The molecule has 1 aromatic carbocycles.